The number of anilines is 1. The van der Waals surface area contributed by atoms with E-state index < -0.39 is 30.8 Å². The van der Waals surface area contributed by atoms with Crippen LogP contribution in [0.2, 0.25) is 0 Å². The SMILES string of the molecule is [CH-]=C(/N=C(\[O-])Nc1cccc(C(F)(F)F)c1)O[N]=[Ni].[CH2-]c1ccc(B(O)O)cn1. The molecule has 0 fully saturated rings. The second-order valence-electron chi connectivity index (χ2n) is 5.06. The largest absolute Gasteiger partial charge is 0.488 e. The third kappa shape index (κ3) is 9.24. The Morgan fingerprint density at radius 3 is 2.52 bits per heavy atom. The first-order valence-corrected chi connectivity index (χ1v) is 7.89. The fraction of sp³-hybridized carbons (Fsp3) is 0.0625. The average molecular weight is 452 g/mol. The standard InChI is InChI=1S/C10H7F3N3O2.C6H7BNO2.Ni/c1-6(18-14)15-9(17)16-8-4-2-3-7(5-8)10(11,12)13;1-5-2-3-6(4-8-5)7(9)10;/h1-5H,(H2,15,16,17);2-4,9-10H,1H2;/q2*-1;/p-1. The van der Waals surface area contributed by atoms with Crippen molar-refractivity contribution in [3.63, 3.8) is 0 Å². The molecule has 0 radical (unpaired) electrons. The number of aromatic nitrogens is 1. The number of rotatable bonds is 5. The Labute approximate surface area is 172 Å². The average Bonchev–Trinajstić information content (AvgIpc) is 2.62. The van der Waals surface area contributed by atoms with Crippen LogP contribution in [0.1, 0.15) is 11.3 Å². The van der Waals surface area contributed by atoms with Gasteiger partial charge in [-0.3, -0.25) is 4.98 Å². The minimum absolute atomic E-state index is 0.0884. The van der Waals surface area contributed by atoms with Gasteiger partial charge in [0.05, 0.1) is 0 Å². The summed E-state index contributed by atoms with van der Waals surface area (Å²) in [6, 6.07) is 6.20. The molecule has 1 heterocycles. The summed E-state index contributed by atoms with van der Waals surface area (Å²) in [5.74, 6) is -0.615. The summed E-state index contributed by atoms with van der Waals surface area (Å²) in [7, 11) is -1.44. The quantitative estimate of drug-likeness (QED) is 0.154. The summed E-state index contributed by atoms with van der Waals surface area (Å²) < 4.78 is 40.0. The zero-order valence-corrected chi connectivity index (χ0v) is 15.4. The molecule has 158 valence electrons. The van der Waals surface area contributed by atoms with Crippen LogP contribution in [0.15, 0.2) is 57.7 Å². The van der Waals surface area contributed by atoms with E-state index in [9.17, 15) is 18.3 Å². The van der Waals surface area contributed by atoms with Crippen molar-refractivity contribution in [1.82, 2.24) is 4.98 Å². The number of nitrogens with one attached hydrogen (secondary N) is 1. The molecule has 8 nitrogen and oxygen atoms in total. The van der Waals surface area contributed by atoms with E-state index in [0.29, 0.717) is 11.2 Å². The molecule has 2 aromatic rings. The number of hydrogen-bond donors (Lipinski definition) is 3. The van der Waals surface area contributed by atoms with Gasteiger partial charge < -0.3 is 10.0 Å². The molecular formula is C16H13BF3N4NiO4-3. The number of aliphatic imine (C=N–C) groups is 1. The number of pyridine rings is 1. The Bertz CT molecular complexity index is 864. The van der Waals surface area contributed by atoms with E-state index in [1.807, 2.05) is 0 Å². The molecule has 0 aliphatic carbocycles. The number of amidine groups is 1. The van der Waals surface area contributed by atoms with Gasteiger partial charge in [-0.1, -0.05) is 0 Å². The number of nitrogens with zero attached hydrogens (tertiary/aromatic N) is 3. The maximum atomic E-state index is 12.4. The first kappa shape index (κ1) is 24.2. The molecule has 0 spiro atoms. The van der Waals surface area contributed by atoms with Gasteiger partial charge in [0.15, 0.2) is 0 Å². The number of alkyl halides is 3. The summed E-state index contributed by atoms with van der Waals surface area (Å²) in [5.41, 5.74) is 0.00663. The molecule has 0 saturated heterocycles. The molecule has 0 atom stereocenters. The van der Waals surface area contributed by atoms with Crippen LogP contribution in [0.3, 0.4) is 0 Å². The second kappa shape index (κ2) is 11.2. The second-order valence-corrected chi connectivity index (χ2v) is 5.24. The minimum Gasteiger partial charge on any atom is -0.423 e. The molecule has 2 rings (SSSR count). The van der Waals surface area contributed by atoms with Crippen LogP contribution < -0.4 is 15.9 Å². The molecular weight excluding hydrogens is 439 g/mol. The van der Waals surface area contributed by atoms with Gasteiger partial charge in [0.1, 0.15) is 0 Å². The molecule has 1 aromatic carbocycles. The molecule has 0 amide bonds. The van der Waals surface area contributed by atoms with Crippen molar-refractivity contribution in [3.05, 3.63) is 73.2 Å². The predicted molar refractivity (Wildman–Crippen MR) is 92.3 cm³/mol. The van der Waals surface area contributed by atoms with Gasteiger partial charge in [0, 0.05) is 6.20 Å². The monoisotopic (exact) mass is 451 g/mol. The molecule has 0 unspecified atom stereocenters. The fourth-order valence-electron chi connectivity index (χ4n) is 1.66. The Morgan fingerprint density at radius 1 is 1.31 bits per heavy atom. The van der Waals surface area contributed by atoms with Crippen LogP contribution in [0.5, 0.6) is 0 Å². The summed E-state index contributed by atoms with van der Waals surface area (Å²) >= 11 is 3.78. The molecule has 1 aromatic heterocycles. The molecule has 3 N–H and O–H groups in total. The normalized spacial score (nSPS) is 11.1. The van der Waals surface area contributed by atoms with Gasteiger partial charge >= 0.3 is 120 Å². The van der Waals surface area contributed by atoms with Gasteiger partial charge in [0.2, 0.25) is 0 Å². The topological polar surface area (TPSA) is 122 Å². The van der Waals surface area contributed by atoms with E-state index in [2.05, 4.69) is 46.5 Å². The van der Waals surface area contributed by atoms with Crippen molar-refractivity contribution in [2.24, 2.45) is 9.18 Å². The van der Waals surface area contributed by atoms with Gasteiger partial charge in [0.25, 0.3) is 0 Å². The summed E-state index contributed by atoms with van der Waals surface area (Å²) in [4.78, 5) is 11.1. The van der Waals surface area contributed by atoms with E-state index >= 15 is 0 Å². The zero-order valence-electron chi connectivity index (χ0n) is 14.4. The predicted octanol–water partition coefficient (Wildman–Crippen LogP) is 0.714. The minimum atomic E-state index is -4.51. The van der Waals surface area contributed by atoms with Crippen molar-refractivity contribution in [3.8, 4) is 0 Å². The van der Waals surface area contributed by atoms with Gasteiger partial charge in [-0.15, -0.1) is 11.8 Å². The van der Waals surface area contributed by atoms with Gasteiger partial charge in [-0.25, -0.2) is 6.92 Å². The molecule has 0 saturated carbocycles. The van der Waals surface area contributed by atoms with Crippen molar-refractivity contribution in [2.45, 2.75) is 6.18 Å². The summed E-state index contributed by atoms with van der Waals surface area (Å²) in [6.07, 6.45) is -3.12. The van der Waals surface area contributed by atoms with E-state index in [1.54, 1.807) is 12.1 Å². The first-order valence-electron chi connectivity index (χ1n) is 7.45. The number of benzene rings is 1. The van der Waals surface area contributed by atoms with E-state index in [-0.39, 0.29) is 5.69 Å². The molecule has 0 bridgehead atoms. The van der Waals surface area contributed by atoms with Crippen LogP contribution in [0.25, 0.3) is 0 Å². The molecule has 13 heteroatoms. The number of hydrogen-bond acceptors (Lipinski definition) is 7. The summed E-state index contributed by atoms with van der Waals surface area (Å²) in [5, 5.41) is 30.6. The number of halogens is 3. The summed E-state index contributed by atoms with van der Waals surface area (Å²) in [6.45, 7) is 8.62. The van der Waals surface area contributed by atoms with Crippen LogP contribution >= 0.6 is 0 Å². The van der Waals surface area contributed by atoms with Crippen LogP contribution in [-0.4, -0.2) is 28.2 Å². The van der Waals surface area contributed by atoms with Crippen molar-refractivity contribution in [2.75, 3.05) is 5.32 Å². The van der Waals surface area contributed by atoms with Gasteiger partial charge in [-0.05, 0) is 5.46 Å². The third-order valence-corrected chi connectivity index (χ3v) is 3.01. The third-order valence-electron chi connectivity index (χ3n) is 2.92. The van der Waals surface area contributed by atoms with Crippen molar-refractivity contribution in [1.29, 1.82) is 0 Å². The van der Waals surface area contributed by atoms with Crippen molar-refractivity contribution < 1.29 is 48.4 Å². The maximum Gasteiger partial charge on any atom is 0.488 e. The fourth-order valence-corrected chi connectivity index (χ4v) is 1.76. The Hall–Kier alpha value is -2.88. The Kier molecular flexibility index (Phi) is 9.33. The molecule has 0 aliphatic rings. The van der Waals surface area contributed by atoms with Crippen LogP contribution in [0.4, 0.5) is 18.9 Å². The first-order chi connectivity index (χ1) is 13.5. The van der Waals surface area contributed by atoms with Crippen LogP contribution in [0, 0.1) is 13.5 Å². The maximum absolute atomic E-state index is 12.4. The van der Waals surface area contributed by atoms with Crippen molar-refractivity contribution >= 4 is 24.3 Å². The van der Waals surface area contributed by atoms with E-state index in [0.717, 1.165) is 18.2 Å². The Morgan fingerprint density at radius 2 is 2.00 bits per heavy atom. The Balaban J connectivity index is 0.000000352. The smallest absolute Gasteiger partial charge is 0.423 e. The van der Waals surface area contributed by atoms with E-state index in [4.69, 9.17) is 16.6 Å². The zero-order chi connectivity index (χ0) is 22.0. The van der Waals surface area contributed by atoms with E-state index in [1.165, 1.54) is 12.3 Å². The molecule has 0 aliphatic heterocycles. The van der Waals surface area contributed by atoms with Crippen LogP contribution in [-0.2, 0) is 26.3 Å². The van der Waals surface area contributed by atoms with Gasteiger partial charge in [-0.2, -0.15) is 6.07 Å². The molecule has 29 heavy (non-hydrogen) atoms.